The standard InChI is InChI=1S/C17H24O3/c1-3-4-5-6-7-15-12-16(17(18)20-15)13-8-10-14(19-2)11-9-13/h8-11,15-16H,3-7,12H2,1-2H3/t15-,16-/m1/s1. The summed E-state index contributed by atoms with van der Waals surface area (Å²) in [6.07, 6.45) is 6.81. The molecular weight excluding hydrogens is 252 g/mol. The quantitative estimate of drug-likeness (QED) is 0.556. The van der Waals surface area contributed by atoms with Crippen LogP contribution in [0.25, 0.3) is 0 Å². The van der Waals surface area contributed by atoms with Gasteiger partial charge in [-0.05, 0) is 30.5 Å². The Bertz CT molecular complexity index is 424. The SMILES string of the molecule is CCCCCC[C@@H]1C[C@H](c2ccc(OC)cc2)C(=O)O1. The molecule has 1 aliphatic rings. The van der Waals surface area contributed by atoms with E-state index in [0.29, 0.717) is 0 Å². The Balaban J connectivity index is 1.88. The van der Waals surface area contributed by atoms with Gasteiger partial charge in [0.15, 0.2) is 0 Å². The summed E-state index contributed by atoms with van der Waals surface area (Å²) in [7, 11) is 1.64. The number of ether oxygens (including phenoxy) is 2. The van der Waals surface area contributed by atoms with E-state index in [4.69, 9.17) is 9.47 Å². The smallest absolute Gasteiger partial charge is 0.313 e. The monoisotopic (exact) mass is 276 g/mol. The Kier molecular flexibility index (Phi) is 5.45. The molecule has 1 heterocycles. The fraction of sp³-hybridized carbons (Fsp3) is 0.588. The largest absolute Gasteiger partial charge is 0.497 e. The molecule has 0 aliphatic carbocycles. The van der Waals surface area contributed by atoms with Crippen LogP contribution in [0.4, 0.5) is 0 Å². The lowest BCUT2D eigenvalue weighted by atomic mass is 9.94. The van der Waals surface area contributed by atoms with Gasteiger partial charge in [0, 0.05) is 6.42 Å². The highest BCUT2D eigenvalue weighted by atomic mass is 16.5. The van der Waals surface area contributed by atoms with Gasteiger partial charge in [-0.1, -0.05) is 38.3 Å². The first-order chi connectivity index (χ1) is 9.74. The van der Waals surface area contributed by atoms with Gasteiger partial charge >= 0.3 is 5.97 Å². The van der Waals surface area contributed by atoms with Crippen molar-refractivity contribution in [3.8, 4) is 5.75 Å². The lowest BCUT2D eigenvalue weighted by molar-refractivity contribution is -0.142. The number of carbonyl (C=O) groups excluding carboxylic acids is 1. The Morgan fingerprint density at radius 3 is 2.60 bits per heavy atom. The van der Waals surface area contributed by atoms with Gasteiger partial charge in [0.2, 0.25) is 0 Å². The third-order valence-corrected chi connectivity index (χ3v) is 3.96. The molecule has 20 heavy (non-hydrogen) atoms. The predicted molar refractivity (Wildman–Crippen MR) is 79.0 cm³/mol. The molecule has 0 aromatic heterocycles. The highest BCUT2D eigenvalue weighted by Gasteiger charge is 2.34. The molecule has 1 aromatic carbocycles. The molecule has 2 rings (SSSR count). The molecule has 0 saturated carbocycles. The Morgan fingerprint density at radius 2 is 1.95 bits per heavy atom. The molecular formula is C17H24O3. The van der Waals surface area contributed by atoms with E-state index in [9.17, 15) is 4.79 Å². The summed E-state index contributed by atoms with van der Waals surface area (Å²) < 4.78 is 10.6. The van der Waals surface area contributed by atoms with Crippen molar-refractivity contribution in [1.29, 1.82) is 0 Å². The maximum absolute atomic E-state index is 12.0. The number of unbranched alkanes of at least 4 members (excludes halogenated alkanes) is 3. The zero-order valence-corrected chi connectivity index (χ0v) is 12.4. The Morgan fingerprint density at radius 1 is 1.20 bits per heavy atom. The number of esters is 1. The van der Waals surface area contributed by atoms with Crippen LogP contribution >= 0.6 is 0 Å². The molecule has 3 heteroatoms. The lowest BCUT2D eigenvalue weighted by Gasteiger charge is -2.08. The van der Waals surface area contributed by atoms with Crippen LogP contribution < -0.4 is 4.74 Å². The van der Waals surface area contributed by atoms with Crippen LogP contribution in [0.15, 0.2) is 24.3 Å². The van der Waals surface area contributed by atoms with Gasteiger partial charge < -0.3 is 9.47 Å². The molecule has 1 saturated heterocycles. The molecule has 1 fully saturated rings. The van der Waals surface area contributed by atoms with E-state index in [1.807, 2.05) is 24.3 Å². The van der Waals surface area contributed by atoms with Crippen molar-refractivity contribution in [2.75, 3.05) is 7.11 Å². The molecule has 1 aliphatic heterocycles. The van der Waals surface area contributed by atoms with Crippen LogP contribution in [0.5, 0.6) is 5.75 Å². The van der Waals surface area contributed by atoms with Crippen molar-refractivity contribution in [3.05, 3.63) is 29.8 Å². The van der Waals surface area contributed by atoms with E-state index in [2.05, 4.69) is 6.92 Å². The normalized spacial score (nSPS) is 21.8. The minimum atomic E-state index is -0.0999. The summed E-state index contributed by atoms with van der Waals surface area (Å²) in [6.45, 7) is 2.20. The van der Waals surface area contributed by atoms with E-state index in [1.54, 1.807) is 7.11 Å². The fourth-order valence-corrected chi connectivity index (χ4v) is 2.74. The predicted octanol–water partition coefficient (Wildman–Crippen LogP) is 4.06. The van der Waals surface area contributed by atoms with Crippen LogP contribution in [0.3, 0.4) is 0 Å². The minimum Gasteiger partial charge on any atom is -0.497 e. The average Bonchev–Trinajstić information content (AvgIpc) is 2.85. The van der Waals surface area contributed by atoms with Crippen LogP contribution in [0.2, 0.25) is 0 Å². The van der Waals surface area contributed by atoms with Crippen molar-refractivity contribution in [2.24, 2.45) is 0 Å². The van der Waals surface area contributed by atoms with E-state index >= 15 is 0 Å². The van der Waals surface area contributed by atoms with Gasteiger partial charge in [-0.2, -0.15) is 0 Å². The second-order valence-electron chi connectivity index (χ2n) is 5.47. The zero-order chi connectivity index (χ0) is 14.4. The number of methoxy groups -OCH3 is 1. The summed E-state index contributed by atoms with van der Waals surface area (Å²) in [5, 5.41) is 0. The number of hydrogen-bond donors (Lipinski definition) is 0. The summed E-state index contributed by atoms with van der Waals surface area (Å²) in [5.74, 6) is 0.643. The number of benzene rings is 1. The molecule has 2 atom stereocenters. The molecule has 0 N–H and O–H groups in total. The highest BCUT2D eigenvalue weighted by Crippen LogP contribution is 2.33. The Labute approximate surface area is 121 Å². The molecule has 0 spiro atoms. The third-order valence-electron chi connectivity index (χ3n) is 3.96. The van der Waals surface area contributed by atoms with Crippen molar-refractivity contribution in [3.63, 3.8) is 0 Å². The highest BCUT2D eigenvalue weighted by molar-refractivity contribution is 5.80. The zero-order valence-electron chi connectivity index (χ0n) is 12.4. The van der Waals surface area contributed by atoms with Crippen molar-refractivity contribution in [2.45, 2.75) is 57.5 Å². The molecule has 1 aromatic rings. The van der Waals surface area contributed by atoms with Crippen LogP contribution in [-0.2, 0) is 9.53 Å². The van der Waals surface area contributed by atoms with E-state index in [0.717, 1.165) is 30.6 Å². The summed E-state index contributed by atoms with van der Waals surface area (Å²) >= 11 is 0. The first kappa shape index (κ1) is 14.9. The second-order valence-corrected chi connectivity index (χ2v) is 5.47. The molecule has 3 nitrogen and oxygen atoms in total. The second kappa shape index (κ2) is 7.32. The topological polar surface area (TPSA) is 35.5 Å². The van der Waals surface area contributed by atoms with Crippen LogP contribution in [0.1, 0.15) is 56.9 Å². The van der Waals surface area contributed by atoms with Gasteiger partial charge in [0.25, 0.3) is 0 Å². The number of carbonyl (C=O) groups is 1. The molecule has 0 bridgehead atoms. The van der Waals surface area contributed by atoms with Gasteiger partial charge in [-0.25, -0.2) is 0 Å². The molecule has 0 amide bonds. The van der Waals surface area contributed by atoms with E-state index in [1.165, 1.54) is 19.3 Å². The van der Waals surface area contributed by atoms with Crippen molar-refractivity contribution >= 4 is 5.97 Å². The van der Waals surface area contributed by atoms with Crippen molar-refractivity contribution in [1.82, 2.24) is 0 Å². The van der Waals surface area contributed by atoms with Crippen LogP contribution in [-0.4, -0.2) is 19.2 Å². The van der Waals surface area contributed by atoms with Crippen molar-refractivity contribution < 1.29 is 14.3 Å². The lowest BCUT2D eigenvalue weighted by Crippen LogP contribution is -2.06. The molecule has 0 unspecified atom stereocenters. The molecule has 0 radical (unpaired) electrons. The Hall–Kier alpha value is -1.51. The summed E-state index contributed by atoms with van der Waals surface area (Å²) in [5.41, 5.74) is 1.03. The first-order valence-electron chi connectivity index (χ1n) is 7.59. The van der Waals surface area contributed by atoms with E-state index in [-0.39, 0.29) is 18.0 Å². The number of hydrogen-bond acceptors (Lipinski definition) is 3. The minimum absolute atomic E-state index is 0.0735. The van der Waals surface area contributed by atoms with E-state index < -0.39 is 0 Å². The maximum atomic E-state index is 12.0. The number of cyclic esters (lactones) is 1. The van der Waals surface area contributed by atoms with Gasteiger partial charge in [0.1, 0.15) is 11.9 Å². The van der Waals surface area contributed by atoms with Crippen LogP contribution in [0, 0.1) is 0 Å². The van der Waals surface area contributed by atoms with Gasteiger partial charge in [-0.15, -0.1) is 0 Å². The fourth-order valence-electron chi connectivity index (χ4n) is 2.74. The third kappa shape index (κ3) is 3.75. The summed E-state index contributed by atoms with van der Waals surface area (Å²) in [6, 6.07) is 7.73. The molecule has 110 valence electrons. The maximum Gasteiger partial charge on any atom is 0.313 e. The first-order valence-corrected chi connectivity index (χ1v) is 7.59. The average molecular weight is 276 g/mol. The van der Waals surface area contributed by atoms with Gasteiger partial charge in [-0.3, -0.25) is 4.79 Å². The van der Waals surface area contributed by atoms with Gasteiger partial charge in [0.05, 0.1) is 13.0 Å². The summed E-state index contributed by atoms with van der Waals surface area (Å²) in [4.78, 5) is 12.0. The number of rotatable bonds is 7.